The minimum Gasteiger partial charge on any atom is -0.325 e. The topological polar surface area (TPSA) is 42.0 Å². The first kappa shape index (κ1) is 16.3. The highest BCUT2D eigenvalue weighted by atomic mass is 35.5. The zero-order valence-corrected chi connectivity index (χ0v) is 15.3. The molecule has 0 aliphatic heterocycles. The summed E-state index contributed by atoms with van der Waals surface area (Å²) in [6.45, 7) is 1.99. The molecule has 1 heterocycles. The zero-order valence-electron chi connectivity index (χ0n) is 13.8. The lowest BCUT2D eigenvalue weighted by Crippen LogP contribution is -2.27. The molecule has 2 aromatic carbocycles. The second-order valence-corrected chi connectivity index (χ2v) is 7.87. The van der Waals surface area contributed by atoms with Gasteiger partial charge in [-0.1, -0.05) is 35.9 Å². The minimum atomic E-state index is -0.435. The number of aromatic nitrogens is 1. The normalized spacial score (nSPS) is 15.0. The van der Waals surface area contributed by atoms with Crippen molar-refractivity contribution in [1.82, 2.24) is 4.98 Å². The Morgan fingerprint density at radius 3 is 2.56 bits per heavy atom. The summed E-state index contributed by atoms with van der Waals surface area (Å²) in [5, 5.41) is 6.80. The zero-order chi connectivity index (χ0) is 17.4. The maximum absolute atomic E-state index is 12.8. The number of amides is 1. The number of hydrogen-bond donors (Lipinski definition) is 1. The van der Waals surface area contributed by atoms with Crippen molar-refractivity contribution in [2.24, 2.45) is 0 Å². The molecule has 0 atom stereocenters. The first-order valence-corrected chi connectivity index (χ1v) is 9.43. The molecule has 1 aliphatic carbocycles. The van der Waals surface area contributed by atoms with Gasteiger partial charge in [-0.15, -0.1) is 11.3 Å². The predicted octanol–water partition coefficient (Wildman–Crippen LogP) is 5.44. The van der Waals surface area contributed by atoms with E-state index in [1.54, 1.807) is 11.3 Å². The van der Waals surface area contributed by atoms with E-state index < -0.39 is 5.41 Å². The van der Waals surface area contributed by atoms with Gasteiger partial charge in [-0.2, -0.15) is 0 Å². The van der Waals surface area contributed by atoms with Gasteiger partial charge in [0.05, 0.1) is 16.1 Å². The van der Waals surface area contributed by atoms with E-state index in [0.29, 0.717) is 5.02 Å². The van der Waals surface area contributed by atoms with Crippen LogP contribution < -0.4 is 5.32 Å². The van der Waals surface area contributed by atoms with Crippen molar-refractivity contribution in [2.75, 3.05) is 5.32 Å². The molecular weight excluding hydrogens is 352 g/mol. The Hall–Kier alpha value is -2.17. The van der Waals surface area contributed by atoms with Crippen molar-refractivity contribution >= 4 is 34.5 Å². The molecule has 1 amide bonds. The van der Waals surface area contributed by atoms with Crippen LogP contribution in [0.5, 0.6) is 0 Å². The highest BCUT2D eigenvalue weighted by Gasteiger charge is 2.51. The molecule has 1 aromatic heterocycles. The fraction of sp³-hybridized carbons (Fsp3) is 0.200. The number of hydrogen-bond acceptors (Lipinski definition) is 3. The van der Waals surface area contributed by atoms with Gasteiger partial charge in [0.1, 0.15) is 0 Å². The van der Waals surface area contributed by atoms with Crippen molar-refractivity contribution in [3.63, 3.8) is 0 Å². The average molecular weight is 369 g/mol. The first-order chi connectivity index (χ1) is 12.1. The van der Waals surface area contributed by atoms with Crippen molar-refractivity contribution in [2.45, 2.75) is 25.2 Å². The summed E-state index contributed by atoms with van der Waals surface area (Å²) in [6.07, 6.45) is 1.71. The summed E-state index contributed by atoms with van der Waals surface area (Å²) in [5.41, 5.74) is 3.38. The smallest absolute Gasteiger partial charge is 0.235 e. The van der Waals surface area contributed by atoms with Crippen LogP contribution in [0.4, 0.5) is 5.69 Å². The predicted molar refractivity (Wildman–Crippen MR) is 103 cm³/mol. The highest BCUT2D eigenvalue weighted by molar-refractivity contribution is 7.09. The SMILES string of the molecule is Cc1nc(-c2ccc(NC(=O)C3(c4cccc(Cl)c4)CC3)cc2)cs1. The third-order valence-corrected chi connectivity index (χ3v) is 5.63. The molecule has 1 N–H and O–H groups in total. The van der Waals surface area contributed by atoms with Gasteiger partial charge >= 0.3 is 0 Å². The number of carbonyl (C=O) groups is 1. The fourth-order valence-corrected chi connectivity index (χ4v) is 3.84. The molecule has 126 valence electrons. The Kier molecular flexibility index (Phi) is 4.10. The van der Waals surface area contributed by atoms with Crippen molar-refractivity contribution in [3.05, 3.63) is 69.5 Å². The van der Waals surface area contributed by atoms with Crippen LogP contribution in [0.1, 0.15) is 23.4 Å². The van der Waals surface area contributed by atoms with E-state index in [-0.39, 0.29) is 5.91 Å². The first-order valence-electron chi connectivity index (χ1n) is 8.17. The average Bonchev–Trinajstić information content (AvgIpc) is 3.32. The van der Waals surface area contributed by atoms with E-state index in [4.69, 9.17) is 11.6 Å². The summed E-state index contributed by atoms with van der Waals surface area (Å²) in [5.74, 6) is 0.0343. The molecule has 0 saturated heterocycles. The maximum atomic E-state index is 12.8. The van der Waals surface area contributed by atoms with Crippen LogP contribution in [0.2, 0.25) is 5.02 Å². The van der Waals surface area contributed by atoms with Crippen LogP contribution in [-0.2, 0) is 10.2 Å². The van der Waals surface area contributed by atoms with Crippen molar-refractivity contribution in [3.8, 4) is 11.3 Å². The van der Waals surface area contributed by atoms with E-state index in [0.717, 1.165) is 40.4 Å². The second kappa shape index (κ2) is 6.28. The van der Waals surface area contributed by atoms with Gasteiger partial charge in [-0.25, -0.2) is 4.98 Å². The summed E-state index contributed by atoms with van der Waals surface area (Å²) < 4.78 is 0. The highest BCUT2D eigenvalue weighted by Crippen LogP contribution is 2.49. The molecule has 0 unspecified atom stereocenters. The van der Waals surface area contributed by atoms with Gasteiger partial charge < -0.3 is 5.32 Å². The van der Waals surface area contributed by atoms with Crippen LogP contribution >= 0.6 is 22.9 Å². The van der Waals surface area contributed by atoms with Crippen LogP contribution in [-0.4, -0.2) is 10.9 Å². The molecule has 3 nitrogen and oxygen atoms in total. The molecule has 3 aromatic rings. The Morgan fingerprint density at radius 2 is 1.96 bits per heavy atom. The monoisotopic (exact) mass is 368 g/mol. The van der Waals surface area contributed by atoms with Gasteiger partial charge in [0.15, 0.2) is 0 Å². The summed E-state index contributed by atoms with van der Waals surface area (Å²) in [4.78, 5) is 17.3. The number of thiazole rings is 1. The van der Waals surface area contributed by atoms with Crippen molar-refractivity contribution < 1.29 is 4.79 Å². The molecular formula is C20H17ClN2OS. The number of aryl methyl sites for hydroxylation is 1. The van der Waals surface area contributed by atoms with Gasteiger partial charge in [0.2, 0.25) is 5.91 Å². The van der Waals surface area contributed by atoms with E-state index >= 15 is 0 Å². The third-order valence-electron chi connectivity index (χ3n) is 4.62. The summed E-state index contributed by atoms with van der Waals surface area (Å²) in [7, 11) is 0. The molecule has 4 rings (SSSR count). The van der Waals surface area contributed by atoms with Gasteiger partial charge in [-0.3, -0.25) is 4.79 Å². The van der Waals surface area contributed by atoms with E-state index in [1.165, 1.54) is 0 Å². The Balaban J connectivity index is 1.51. The Morgan fingerprint density at radius 1 is 1.20 bits per heavy atom. The fourth-order valence-electron chi connectivity index (χ4n) is 3.03. The largest absolute Gasteiger partial charge is 0.325 e. The molecule has 5 heteroatoms. The summed E-state index contributed by atoms with van der Waals surface area (Å²) >= 11 is 7.72. The lowest BCUT2D eigenvalue weighted by Gasteiger charge is -2.16. The van der Waals surface area contributed by atoms with E-state index in [9.17, 15) is 4.79 Å². The van der Waals surface area contributed by atoms with Crippen LogP contribution in [0.25, 0.3) is 11.3 Å². The lowest BCUT2D eigenvalue weighted by atomic mass is 9.95. The number of rotatable bonds is 4. The Labute approximate surface area is 155 Å². The van der Waals surface area contributed by atoms with Crippen molar-refractivity contribution in [1.29, 1.82) is 0 Å². The molecule has 1 fully saturated rings. The minimum absolute atomic E-state index is 0.0343. The number of nitrogens with one attached hydrogen (secondary N) is 1. The van der Waals surface area contributed by atoms with Gasteiger partial charge in [0.25, 0.3) is 0 Å². The number of carbonyl (C=O) groups excluding carboxylic acids is 1. The van der Waals surface area contributed by atoms with Gasteiger partial charge in [0, 0.05) is 21.7 Å². The maximum Gasteiger partial charge on any atom is 0.235 e. The molecule has 25 heavy (non-hydrogen) atoms. The van der Waals surface area contributed by atoms with Crippen LogP contribution in [0.3, 0.4) is 0 Å². The molecule has 0 bridgehead atoms. The molecule has 0 spiro atoms. The van der Waals surface area contributed by atoms with Crippen LogP contribution in [0.15, 0.2) is 53.9 Å². The number of anilines is 1. The van der Waals surface area contributed by atoms with E-state index in [2.05, 4.69) is 10.3 Å². The summed E-state index contributed by atoms with van der Waals surface area (Å²) in [6, 6.07) is 15.4. The number of halogens is 1. The second-order valence-electron chi connectivity index (χ2n) is 6.38. The Bertz CT molecular complexity index is 929. The quantitative estimate of drug-likeness (QED) is 0.666. The standard InChI is InChI=1S/C20H17ClN2OS/c1-13-22-18(12-25-13)14-5-7-17(8-6-14)23-19(24)20(9-10-20)15-3-2-4-16(21)11-15/h2-8,11-12H,9-10H2,1H3,(H,23,24). The molecule has 1 aliphatic rings. The third kappa shape index (κ3) is 3.20. The molecule has 0 radical (unpaired) electrons. The lowest BCUT2D eigenvalue weighted by molar-refractivity contribution is -0.118. The van der Waals surface area contributed by atoms with Gasteiger partial charge in [-0.05, 0) is 49.6 Å². The number of benzene rings is 2. The number of nitrogens with zero attached hydrogens (tertiary/aromatic N) is 1. The van der Waals surface area contributed by atoms with Crippen LogP contribution in [0, 0.1) is 6.92 Å². The van der Waals surface area contributed by atoms with E-state index in [1.807, 2.05) is 60.8 Å². The molecule has 1 saturated carbocycles.